The number of hydrogen-bond donors (Lipinski definition) is 1. The average Bonchev–Trinajstić information content (AvgIpc) is 3.02. The summed E-state index contributed by atoms with van der Waals surface area (Å²) < 4.78 is 0. The number of nitrogens with zero attached hydrogens (tertiary/aromatic N) is 2. The topological polar surface area (TPSA) is 18.5 Å². The number of likely N-dealkylation sites (N-methyl/N-ethyl adjacent to an activating group) is 1. The van der Waals surface area contributed by atoms with Crippen molar-refractivity contribution in [2.75, 3.05) is 40.8 Å². The van der Waals surface area contributed by atoms with E-state index in [1.165, 1.54) is 45.3 Å². The summed E-state index contributed by atoms with van der Waals surface area (Å²) in [6.07, 6.45) is 5.29. The molecule has 0 aromatic rings. The van der Waals surface area contributed by atoms with Crippen LogP contribution in [-0.2, 0) is 0 Å². The molecule has 0 heterocycles. The SMILES string of the molecule is CCC(CNC1CC1)N(C)CCCN(C)C. The highest BCUT2D eigenvalue weighted by Crippen LogP contribution is 2.18. The first-order chi connectivity index (χ1) is 7.63. The molecule has 1 aliphatic carbocycles. The normalized spacial score (nSPS) is 18.4. The molecule has 0 amide bonds. The van der Waals surface area contributed by atoms with Crippen LogP contribution in [0.25, 0.3) is 0 Å². The van der Waals surface area contributed by atoms with Crippen molar-refractivity contribution in [1.29, 1.82) is 0 Å². The zero-order valence-corrected chi connectivity index (χ0v) is 11.5. The van der Waals surface area contributed by atoms with Crippen LogP contribution in [-0.4, -0.2) is 62.7 Å². The molecule has 0 aliphatic heterocycles. The fraction of sp³-hybridized carbons (Fsp3) is 1.00. The van der Waals surface area contributed by atoms with Crippen LogP contribution in [0.15, 0.2) is 0 Å². The van der Waals surface area contributed by atoms with Crippen LogP contribution in [0, 0.1) is 0 Å². The zero-order chi connectivity index (χ0) is 12.0. The van der Waals surface area contributed by atoms with Gasteiger partial charge in [-0.3, -0.25) is 0 Å². The number of nitrogens with one attached hydrogen (secondary N) is 1. The molecule has 16 heavy (non-hydrogen) atoms. The van der Waals surface area contributed by atoms with Crippen LogP contribution in [0.2, 0.25) is 0 Å². The number of hydrogen-bond acceptors (Lipinski definition) is 3. The predicted octanol–water partition coefficient (Wildman–Crippen LogP) is 1.40. The quantitative estimate of drug-likeness (QED) is 0.642. The van der Waals surface area contributed by atoms with Crippen LogP contribution >= 0.6 is 0 Å². The summed E-state index contributed by atoms with van der Waals surface area (Å²) in [7, 11) is 6.55. The van der Waals surface area contributed by atoms with Gasteiger partial charge in [-0.2, -0.15) is 0 Å². The van der Waals surface area contributed by atoms with Crippen molar-refractivity contribution >= 4 is 0 Å². The maximum absolute atomic E-state index is 3.64. The first-order valence-electron chi connectivity index (χ1n) is 6.71. The Labute approximate surface area is 101 Å². The van der Waals surface area contributed by atoms with Crippen LogP contribution in [0.3, 0.4) is 0 Å². The Morgan fingerprint density at radius 2 is 1.88 bits per heavy atom. The third-order valence-corrected chi connectivity index (χ3v) is 3.43. The lowest BCUT2D eigenvalue weighted by Crippen LogP contribution is -2.41. The van der Waals surface area contributed by atoms with E-state index >= 15 is 0 Å². The summed E-state index contributed by atoms with van der Waals surface area (Å²) in [5, 5.41) is 3.64. The summed E-state index contributed by atoms with van der Waals surface area (Å²) in [6.45, 7) is 5.86. The second-order valence-electron chi connectivity index (χ2n) is 5.38. The molecule has 1 unspecified atom stereocenters. The predicted molar refractivity (Wildman–Crippen MR) is 70.9 cm³/mol. The molecule has 0 aromatic heterocycles. The fourth-order valence-electron chi connectivity index (χ4n) is 2.02. The lowest BCUT2D eigenvalue weighted by molar-refractivity contribution is 0.217. The molecule has 3 heteroatoms. The van der Waals surface area contributed by atoms with E-state index in [1.807, 2.05) is 0 Å². The Balaban J connectivity index is 2.11. The number of rotatable bonds is 9. The first-order valence-corrected chi connectivity index (χ1v) is 6.71. The summed E-state index contributed by atoms with van der Waals surface area (Å²) in [4.78, 5) is 4.77. The van der Waals surface area contributed by atoms with Gasteiger partial charge < -0.3 is 15.1 Å². The summed E-state index contributed by atoms with van der Waals surface area (Å²) >= 11 is 0. The highest BCUT2D eigenvalue weighted by molar-refractivity contribution is 4.83. The van der Waals surface area contributed by atoms with Gasteiger partial charge in [0.1, 0.15) is 0 Å². The van der Waals surface area contributed by atoms with Gasteiger partial charge in [0.2, 0.25) is 0 Å². The lowest BCUT2D eigenvalue weighted by atomic mass is 10.2. The van der Waals surface area contributed by atoms with Gasteiger partial charge in [0.05, 0.1) is 0 Å². The summed E-state index contributed by atoms with van der Waals surface area (Å²) in [5.74, 6) is 0. The molecule has 0 aromatic carbocycles. The van der Waals surface area contributed by atoms with E-state index in [0.717, 1.165) is 6.04 Å². The van der Waals surface area contributed by atoms with E-state index in [9.17, 15) is 0 Å². The summed E-state index contributed by atoms with van der Waals surface area (Å²) in [6, 6.07) is 1.55. The van der Waals surface area contributed by atoms with Gasteiger partial charge in [-0.25, -0.2) is 0 Å². The van der Waals surface area contributed by atoms with E-state index in [4.69, 9.17) is 0 Å². The van der Waals surface area contributed by atoms with Gasteiger partial charge in [0, 0.05) is 18.6 Å². The van der Waals surface area contributed by atoms with Crippen molar-refractivity contribution < 1.29 is 0 Å². The zero-order valence-electron chi connectivity index (χ0n) is 11.5. The second kappa shape index (κ2) is 7.25. The molecular formula is C13H29N3. The van der Waals surface area contributed by atoms with Gasteiger partial charge in [-0.15, -0.1) is 0 Å². The molecule has 0 spiro atoms. The van der Waals surface area contributed by atoms with Crippen LogP contribution in [0.4, 0.5) is 0 Å². The average molecular weight is 227 g/mol. The molecule has 0 radical (unpaired) electrons. The van der Waals surface area contributed by atoms with Crippen LogP contribution in [0.1, 0.15) is 32.6 Å². The molecule has 3 nitrogen and oxygen atoms in total. The van der Waals surface area contributed by atoms with Crippen LogP contribution < -0.4 is 5.32 Å². The van der Waals surface area contributed by atoms with Crippen molar-refractivity contribution in [3.05, 3.63) is 0 Å². The molecule has 1 rings (SSSR count). The third-order valence-electron chi connectivity index (χ3n) is 3.43. The second-order valence-corrected chi connectivity index (χ2v) is 5.38. The largest absolute Gasteiger partial charge is 0.312 e. The highest BCUT2D eigenvalue weighted by atomic mass is 15.2. The van der Waals surface area contributed by atoms with Crippen molar-refractivity contribution in [3.63, 3.8) is 0 Å². The third kappa shape index (κ3) is 5.83. The minimum absolute atomic E-state index is 0.711. The van der Waals surface area contributed by atoms with Crippen molar-refractivity contribution in [2.45, 2.75) is 44.7 Å². The lowest BCUT2D eigenvalue weighted by Gasteiger charge is -2.28. The highest BCUT2D eigenvalue weighted by Gasteiger charge is 2.22. The van der Waals surface area contributed by atoms with Gasteiger partial charge in [0.15, 0.2) is 0 Å². The summed E-state index contributed by atoms with van der Waals surface area (Å²) in [5.41, 5.74) is 0. The van der Waals surface area contributed by atoms with Gasteiger partial charge in [0.25, 0.3) is 0 Å². The Bertz CT molecular complexity index is 178. The Hall–Kier alpha value is -0.120. The Kier molecular flexibility index (Phi) is 6.32. The van der Waals surface area contributed by atoms with Gasteiger partial charge in [-0.05, 0) is 59.9 Å². The van der Waals surface area contributed by atoms with E-state index in [2.05, 4.69) is 43.2 Å². The molecule has 0 bridgehead atoms. The van der Waals surface area contributed by atoms with Crippen molar-refractivity contribution in [2.24, 2.45) is 0 Å². The minimum atomic E-state index is 0.711. The maximum Gasteiger partial charge on any atom is 0.0215 e. The van der Waals surface area contributed by atoms with Crippen molar-refractivity contribution in [1.82, 2.24) is 15.1 Å². The van der Waals surface area contributed by atoms with Gasteiger partial charge in [-0.1, -0.05) is 6.92 Å². The van der Waals surface area contributed by atoms with Crippen LogP contribution in [0.5, 0.6) is 0 Å². The minimum Gasteiger partial charge on any atom is -0.312 e. The maximum atomic E-state index is 3.64. The van der Waals surface area contributed by atoms with E-state index in [1.54, 1.807) is 0 Å². The molecule has 1 fully saturated rings. The molecule has 0 saturated heterocycles. The molecule has 1 atom stereocenters. The standard InChI is InChI=1S/C13H29N3/c1-5-13(11-14-12-7-8-12)16(4)10-6-9-15(2)3/h12-14H,5-11H2,1-4H3. The Morgan fingerprint density at radius 1 is 1.19 bits per heavy atom. The van der Waals surface area contributed by atoms with E-state index in [0.29, 0.717) is 6.04 Å². The molecule has 1 aliphatic rings. The van der Waals surface area contributed by atoms with Gasteiger partial charge >= 0.3 is 0 Å². The van der Waals surface area contributed by atoms with Crippen molar-refractivity contribution in [3.8, 4) is 0 Å². The smallest absolute Gasteiger partial charge is 0.0215 e. The van der Waals surface area contributed by atoms with E-state index < -0.39 is 0 Å². The molecule has 1 N–H and O–H groups in total. The molecule has 1 saturated carbocycles. The molecule has 96 valence electrons. The monoisotopic (exact) mass is 227 g/mol. The molecular weight excluding hydrogens is 198 g/mol. The Morgan fingerprint density at radius 3 is 2.38 bits per heavy atom. The van der Waals surface area contributed by atoms with E-state index in [-0.39, 0.29) is 0 Å². The first kappa shape index (κ1) is 13.9. The fourth-order valence-corrected chi connectivity index (χ4v) is 2.02.